The van der Waals surface area contributed by atoms with Crippen LogP contribution in [0.5, 0.6) is 0 Å². The van der Waals surface area contributed by atoms with Crippen molar-refractivity contribution in [3.05, 3.63) is 48.8 Å². The minimum Gasteiger partial charge on any atom is -0.285 e. The van der Waals surface area contributed by atoms with E-state index in [0.717, 1.165) is 22.2 Å². The van der Waals surface area contributed by atoms with Crippen LogP contribution in [0.2, 0.25) is 0 Å². The normalized spacial score (nSPS) is 10.7. The molecule has 0 atom stereocenters. The summed E-state index contributed by atoms with van der Waals surface area (Å²) < 4.78 is 0. The lowest BCUT2D eigenvalue weighted by atomic mass is 10.1. The van der Waals surface area contributed by atoms with Gasteiger partial charge >= 0.3 is 0 Å². The van der Waals surface area contributed by atoms with Gasteiger partial charge in [0.05, 0.1) is 11.9 Å². The number of benzene rings is 1. The second kappa shape index (κ2) is 3.20. The van der Waals surface area contributed by atoms with E-state index in [1.54, 1.807) is 6.20 Å². The van der Waals surface area contributed by atoms with E-state index >= 15 is 0 Å². The van der Waals surface area contributed by atoms with Crippen LogP contribution >= 0.6 is 0 Å². The molecule has 0 bridgehead atoms. The number of hydrogen-bond donors (Lipinski definition) is 1. The first-order valence-corrected chi connectivity index (χ1v) is 4.71. The van der Waals surface area contributed by atoms with Gasteiger partial charge in [0.2, 0.25) is 0 Å². The number of fused-ring (bicyclic) bond motifs is 1. The smallest absolute Gasteiger partial charge is 0.110 e. The van der Waals surface area contributed by atoms with E-state index in [-0.39, 0.29) is 0 Å². The van der Waals surface area contributed by atoms with Crippen molar-refractivity contribution in [2.75, 3.05) is 0 Å². The third kappa shape index (κ3) is 1.38. The lowest BCUT2D eigenvalue weighted by molar-refractivity contribution is 1.09. The van der Waals surface area contributed by atoms with Gasteiger partial charge in [-0.15, -0.1) is 0 Å². The molecule has 0 unspecified atom stereocenters. The molecule has 0 aliphatic rings. The Hall–Kier alpha value is -2.16. The van der Waals surface area contributed by atoms with Gasteiger partial charge in [0.15, 0.2) is 0 Å². The summed E-state index contributed by atoms with van der Waals surface area (Å²) in [6, 6.07) is 11.9. The van der Waals surface area contributed by atoms with Crippen LogP contribution in [0.25, 0.3) is 22.2 Å². The van der Waals surface area contributed by atoms with Crippen LogP contribution in [0, 0.1) is 6.20 Å². The molecule has 0 fully saturated rings. The summed E-state index contributed by atoms with van der Waals surface area (Å²) in [5.74, 6) is 0. The lowest BCUT2D eigenvalue weighted by Gasteiger charge is -1.98. The molecule has 3 heteroatoms. The van der Waals surface area contributed by atoms with Crippen LogP contribution in [0.15, 0.2) is 42.6 Å². The molecular weight excluding hydrogens is 186 g/mol. The van der Waals surface area contributed by atoms with E-state index in [1.165, 1.54) is 0 Å². The Kier molecular flexibility index (Phi) is 1.75. The highest BCUT2D eigenvalue weighted by Crippen LogP contribution is 2.19. The highest BCUT2D eigenvalue weighted by atomic mass is 15.1. The van der Waals surface area contributed by atoms with Crippen molar-refractivity contribution in [2.45, 2.75) is 0 Å². The van der Waals surface area contributed by atoms with Crippen molar-refractivity contribution in [1.29, 1.82) is 0 Å². The summed E-state index contributed by atoms with van der Waals surface area (Å²) in [4.78, 5) is 4.24. The Morgan fingerprint density at radius 3 is 2.87 bits per heavy atom. The molecule has 15 heavy (non-hydrogen) atoms. The van der Waals surface area contributed by atoms with Crippen LogP contribution in [-0.4, -0.2) is 15.2 Å². The molecule has 0 saturated carbocycles. The van der Waals surface area contributed by atoms with Gasteiger partial charge in [-0.05, 0) is 17.5 Å². The van der Waals surface area contributed by atoms with Crippen molar-refractivity contribution < 1.29 is 0 Å². The average molecular weight is 194 g/mol. The van der Waals surface area contributed by atoms with Gasteiger partial charge in [-0.1, -0.05) is 24.3 Å². The van der Waals surface area contributed by atoms with E-state index in [2.05, 4.69) is 21.4 Å². The van der Waals surface area contributed by atoms with Crippen LogP contribution in [0.4, 0.5) is 0 Å². The molecule has 3 aromatic rings. The summed E-state index contributed by atoms with van der Waals surface area (Å²) >= 11 is 0. The molecule has 2 heterocycles. The fourth-order valence-electron chi connectivity index (χ4n) is 1.56. The zero-order valence-corrected chi connectivity index (χ0v) is 7.94. The maximum absolute atomic E-state index is 4.24. The minimum atomic E-state index is 0.843. The van der Waals surface area contributed by atoms with Crippen molar-refractivity contribution in [1.82, 2.24) is 15.2 Å². The fourth-order valence-corrected chi connectivity index (χ4v) is 1.56. The van der Waals surface area contributed by atoms with Crippen LogP contribution in [0.3, 0.4) is 0 Å². The zero-order valence-electron chi connectivity index (χ0n) is 7.94. The van der Waals surface area contributed by atoms with E-state index < -0.39 is 0 Å². The summed E-state index contributed by atoms with van der Waals surface area (Å²) in [7, 11) is 0. The summed E-state index contributed by atoms with van der Waals surface area (Å²) in [6.07, 6.45) is 4.79. The number of nitrogens with one attached hydrogen (secondary N) is 1. The molecule has 2 aromatic heterocycles. The molecule has 3 rings (SSSR count). The van der Waals surface area contributed by atoms with E-state index in [9.17, 15) is 0 Å². The summed E-state index contributed by atoms with van der Waals surface area (Å²) in [6.45, 7) is 0. The number of aromatic amines is 1. The van der Waals surface area contributed by atoms with Crippen LogP contribution in [0.1, 0.15) is 0 Å². The van der Waals surface area contributed by atoms with Crippen LogP contribution < -0.4 is 0 Å². The first-order chi connectivity index (χ1) is 7.43. The number of rotatable bonds is 1. The van der Waals surface area contributed by atoms with Crippen LogP contribution in [-0.2, 0) is 0 Å². The van der Waals surface area contributed by atoms with Crippen molar-refractivity contribution in [3.8, 4) is 11.4 Å². The second-order valence-electron chi connectivity index (χ2n) is 3.30. The van der Waals surface area contributed by atoms with Gasteiger partial charge in [0.1, 0.15) is 5.69 Å². The maximum Gasteiger partial charge on any atom is 0.110 e. The predicted molar refractivity (Wildman–Crippen MR) is 58.2 cm³/mol. The summed E-state index contributed by atoms with van der Waals surface area (Å²) in [5.41, 5.74) is 1.69. The number of H-pyrrole nitrogens is 1. The SMILES string of the molecule is [c]1nc(-c2cc[nH]n2)cc2ccccc12. The molecule has 0 saturated heterocycles. The number of nitrogens with zero attached hydrogens (tertiary/aromatic N) is 2. The molecule has 71 valence electrons. The third-order valence-electron chi connectivity index (χ3n) is 2.31. The number of aromatic nitrogens is 3. The fraction of sp³-hybridized carbons (Fsp3) is 0. The van der Waals surface area contributed by atoms with Gasteiger partial charge in [0, 0.05) is 11.6 Å². The Morgan fingerprint density at radius 2 is 2.00 bits per heavy atom. The van der Waals surface area contributed by atoms with E-state index in [0.29, 0.717) is 0 Å². The molecule has 0 aliphatic carbocycles. The molecular formula is C12H8N3. The van der Waals surface area contributed by atoms with Gasteiger partial charge in [-0.3, -0.25) is 5.10 Å². The highest BCUT2D eigenvalue weighted by molar-refractivity contribution is 5.84. The highest BCUT2D eigenvalue weighted by Gasteiger charge is 2.02. The second-order valence-corrected chi connectivity index (χ2v) is 3.30. The van der Waals surface area contributed by atoms with E-state index in [4.69, 9.17) is 0 Å². The van der Waals surface area contributed by atoms with Gasteiger partial charge in [0.25, 0.3) is 0 Å². The average Bonchev–Trinajstić information content (AvgIpc) is 2.82. The first-order valence-electron chi connectivity index (χ1n) is 4.71. The molecule has 3 nitrogen and oxygen atoms in total. The van der Waals surface area contributed by atoms with Crippen molar-refractivity contribution in [3.63, 3.8) is 0 Å². The first kappa shape index (κ1) is 8.17. The minimum absolute atomic E-state index is 0.843. The molecule has 1 radical (unpaired) electrons. The van der Waals surface area contributed by atoms with Crippen molar-refractivity contribution >= 4 is 10.8 Å². The van der Waals surface area contributed by atoms with Gasteiger partial charge < -0.3 is 0 Å². The number of hydrogen-bond acceptors (Lipinski definition) is 2. The zero-order chi connectivity index (χ0) is 10.1. The third-order valence-corrected chi connectivity index (χ3v) is 2.31. The molecule has 0 spiro atoms. The topological polar surface area (TPSA) is 41.6 Å². The summed E-state index contributed by atoms with van der Waals surface area (Å²) in [5, 5.41) is 9.01. The standard InChI is InChI=1S/C12H8N3/c1-2-4-10-8-13-12(7-9(10)3-1)11-5-6-14-15-11/h1-7H,(H,14,15). The van der Waals surface area contributed by atoms with E-state index in [1.807, 2.05) is 36.4 Å². The van der Waals surface area contributed by atoms with Crippen molar-refractivity contribution in [2.24, 2.45) is 0 Å². The predicted octanol–water partition coefficient (Wildman–Crippen LogP) is 2.43. The lowest BCUT2D eigenvalue weighted by Crippen LogP contribution is -1.84. The molecule has 1 N–H and O–H groups in total. The monoisotopic (exact) mass is 194 g/mol. The largest absolute Gasteiger partial charge is 0.285 e. The maximum atomic E-state index is 4.24. The Bertz CT molecular complexity index is 585. The Labute approximate surface area is 86.8 Å². The van der Waals surface area contributed by atoms with Gasteiger partial charge in [-0.25, -0.2) is 4.98 Å². The molecule has 0 aliphatic heterocycles. The number of pyridine rings is 1. The Balaban J connectivity index is 2.22. The molecule has 0 amide bonds. The van der Waals surface area contributed by atoms with Gasteiger partial charge in [-0.2, -0.15) is 5.10 Å². The molecule has 1 aromatic carbocycles. The Morgan fingerprint density at radius 1 is 1.07 bits per heavy atom. The quantitative estimate of drug-likeness (QED) is 0.646.